The van der Waals surface area contributed by atoms with Crippen molar-refractivity contribution in [2.75, 3.05) is 4.90 Å². The van der Waals surface area contributed by atoms with E-state index in [2.05, 4.69) is 87.8 Å². The molecule has 0 fully saturated rings. The van der Waals surface area contributed by atoms with Crippen LogP contribution in [0.3, 0.4) is 0 Å². The molecule has 4 rings (SSSR count). The van der Waals surface area contributed by atoms with Gasteiger partial charge in [-0.15, -0.1) is 0 Å². The Morgan fingerprint density at radius 3 is 2.52 bits per heavy atom. The van der Waals surface area contributed by atoms with Gasteiger partial charge in [0, 0.05) is 22.3 Å². The van der Waals surface area contributed by atoms with Gasteiger partial charge in [-0.2, -0.15) is 0 Å². The van der Waals surface area contributed by atoms with Crippen LogP contribution >= 0.6 is 0 Å². The van der Waals surface area contributed by atoms with E-state index < -0.39 is 0 Å². The Morgan fingerprint density at radius 2 is 1.76 bits per heavy atom. The molecular weight excluding hydrogens is 304 g/mol. The molecule has 3 aromatic rings. The number of aryl methyl sites for hydroxylation is 3. The number of benzene rings is 2. The van der Waals surface area contributed by atoms with Crippen molar-refractivity contribution in [3.63, 3.8) is 0 Å². The normalized spacial score (nSPS) is 19.3. The molecule has 130 valence electrons. The maximum Gasteiger partial charge on any atom is 0.0700 e. The number of H-pyrrole nitrogens is 1. The summed E-state index contributed by atoms with van der Waals surface area (Å²) in [6.07, 6.45) is 1.15. The Balaban J connectivity index is 2.05. The van der Waals surface area contributed by atoms with E-state index in [9.17, 15) is 0 Å². The van der Waals surface area contributed by atoms with Crippen LogP contribution in [0.4, 0.5) is 11.4 Å². The monoisotopic (exact) mass is 332 g/mol. The maximum atomic E-state index is 3.65. The largest absolute Gasteiger partial charge is 0.357 e. The summed E-state index contributed by atoms with van der Waals surface area (Å²) in [6, 6.07) is 13.4. The topological polar surface area (TPSA) is 19.0 Å². The zero-order valence-electron chi connectivity index (χ0n) is 16.2. The molecule has 0 saturated heterocycles. The number of hydrogen-bond donors (Lipinski definition) is 1. The van der Waals surface area contributed by atoms with Crippen molar-refractivity contribution in [3.05, 3.63) is 58.8 Å². The first kappa shape index (κ1) is 16.3. The number of rotatable bonds is 1. The van der Waals surface area contributed by atoms with Gasteiger partial charge in [0.15, 0.2) is 0 Å². The lowest BCUT2D eigenvalue weighted by Crippen LogP contribution is -2.45. The first-order chi connectivity index (χ1) is 11.8. The van der Waals surface area contributed by atoms with Crippen molar-refractivity contribution in [2.45, 2.75) is 59.4 Å². The average molecular weight is 332 g/mol. The SMILES string of the molecule is Cc1cccc2c1N(c1cccc3c(C)c(C)[nH]c13)C(C)(C)CC2C. The number of nitrogens with zero attached hydrogens (tertiary/aromatic N) is 1. The summed E-state index contributed by atoms with van der Waals surface area (Å²) in [5.41, 5.74) is 9.45. The lowest BCUT2D eigenvalue weighted by Gasteiger charge is -2.48. The van der Waals surface area contributed by atoms with E-state index in [0.717, 1.165) is 6.42 Å². The molecule has 2 heteroatoms. The van der Waals surface area contributed by atoms with Crippen LogP contribution in [0, 0.1) is 20.8 Å². The second-order valence-corrected chi connectivity index (χ2v) is 8.34. The molecule has 2 aromatic carbocycles. The lowest BCUT2D eigenvalue weighted by atomic mass is 9.78. The van der Waals surface area contributed by atoms with Crippen LogP contribution < -0.4 is 4.90 Å². The Kier molecular flexibility index (Phi) is 3.50. The van der Waals surface area contributed by atoms with Crippen LogP contribution in [0.1, 0.15) is 55.5 Å². The van der Waals surface area contributed by atoms with Crippen LogP contribution in [-0.2, 0) is 0 Å². The van der Waals surface area contributed by atoms with Crippen LogP contribution in [0.5, 0.6) is 0 Å². The number of anilines is 2. The van der Waals surface area contributed by atoms with Crippen molar-refractivity contribution < 1.29 is 0 Å². The summed E-state index contributed by atoms with van der Waals surface area (Å²) < 4.78 is 0. The number of para-hydroxylation sites is 2. The first-order valence-electron chi connectivity index (χ1n) is 9.29. The van der Waals surface area contributed by atoms with Crippen molar-refractivity contribution in [1.29, 1.82) is 0 Å². The smallest absolute Gasteiger partial charge is 0.0700 e. The molecule has 0 aliphatic carbocycles. The van der Waals surface area contributed by atoms with Gasteiger partial charge < -0.3 is 9.88 Å². The molecule has 1 aliphatic rings. The van der Waals surface area contributed by atoms with Gasteiger partial charge >= 0.3 is 0 Å². The Bertz CT molecular complexity index is 962. The zero-order chi connectivity index (χ0) is 17.9. The zero-order valence-corrected chi connectivity index (χ0v) is 16.2. The van der Waals surface area contributed by atoms with Crippen molar-refractivity contribution >= 4 is 22.3 Å². The molecule has 1 unspecified atom stereocenters. The summed E-state index contributed by atoms with van der Waals surface area (Å²) in [5, 5.41) is 1.33. The van der Waals surface area contributed by atoms with E-state index in [1.54, 1.807) is 0 Å². The molecule has 0 amide bonds. The van der Waals surface area contributed by atoms with Gasteiger partial charge in [0.25, 0.3) is 0 Å². The summed E-state index contributed by atoms with van der Waals surface area (Å²) in [6.45, 7) is 13.7. The third kappa shape index (κ3) is 2.31. The highest BCUT2D eigenvalue weighted by molar-refractivity contribution is 5.97. The van der Waals surface area contributed by atoms with Crippen molar-refractivity contribution in [1.82, 2.24) is 4.98 Å². The molecular formula is C23H28N2. The third-order valence-electron chi connectivity index (χ3n) is 6.00. The van der Waals surface area contributed by atoms with E-state index in [0.29, 0.717) is 5.92 Å². The van der Waals surface area contributed by atoms with Crippen molar-refractivity contribution in [2.24, 2.45) is 0 Å². The van der Waals surface area contributed by atoms with Gasteiger partial charge in [-0.1, -0.05) is 37.3 Å². The molecule has 0 bridgehead atoms. The highest BCUT2D eigenvalue weighted by Gasteiger charge is 2.38. The Hall–Kier alpha value is -2.22. The van der Waals surface area contributed by atoms with Crippen LogP contribution in [-0.4, -0.2) is 10.5 Å². The number of nitrogens with one attached hydrogen (secondary N) is 1. The standard InChI is InChI=1S/C23H28N2/c1-14-9-7-10-18-15(2)13-23(5,6)25(22(14)18)20-12-8-11-19-16(3)17(4)24-21(19)20/h7-12,15,24H,13H2,1-6H3. The molecule has 1 aromatic heterocycles. The summed E-state index contributed by atoms with van der Waals surface area (Å²) in [7, 11) is 0. The van der Waals surface area contributed by atoms with Crippen LogP contribution in [0.25, 0.3) is 10.9 Å². The van der Waals surface area contributed by atoms with Crippen LogP contribution in [0.2, 0.25) is 0 Å². The highest BCUT2D eigenvalue weighted by atomic mass is 15.2. The Labute approximate surface area is 150 Å². The molecule has 2 heterocycles. The molecule has 2 nitrogen and oxygen atoms in total. The average Bonchev–Trinajstić information content (AvgIpc) is 2.83. The fourth-order valence-corrected chi connectivity index (χ4v) is 4.74. The summed E-state index contributed by atoms with van der Waals surface area (Å²) in [5.74, 6) is 0.576. The summed E-state index contributed by atoms with van der Waals surface area (Å²) in [4.78, 5) is 6.23. The highest BCUT2D eigenvalue weighted by Crippen LogP contribution is 2.50. The molecule has 0 spiro atoms. The van der Waals surface area contributed by atoms with Crippen LogP contribution in [0.15, 0.2) is 36.4 Å². The van der Waals surface area contributed by atoms with Gasteiger partial charge in [0.2, 0.25) is 0 Å². The second kappa shape index (κ2) is 5.39. The van der Waals surface area contributed by atoms with Gasteiger partial charge in [0.05, 0.1) is 11.2 Å². The van der Waals surface area contributed by atoms with E-state index in [1.807, 2.05) is 0 Å². The fraction of sp³-hybridized carbons (Fsp3) is 0.391. The molecule has 0 saturated carbocycles. The second-order valence-electron chi connectivity index (χ2n) is 8.34. The van der Waals surface area contributed by atoms with Gasteiger partial charge in [-0.25, -0.2) is 0 Å². The Morgan fingerprint density at radius 1 is 1.04 bits per heavy atom. The van der Waals surface area contributed by atoms with Gasteiger partial charge in [-0.05, 0) is 69.7 Å². The molecule has 1 N–H and O–H groups in total. The number of aromatic nitrogens is 1. The minimum atomic E-state index is 0.0692. The first-order valence-corrected chi connectivity index (χ1v) is 9.29. The van der Waals surface area contributed by atoms with E-state index in [4.69, 9.17) is 0 Å². The number of aromatic amines is 1. The van der Waals surface area contributed by atoms with Gasteiger partial charge in [0.1, 0.15) is 0 Å². The predicted octanol–water partition coefficient (Wildman–Crippen LogP) is 6.52. The number of hydrogen-bond acceptors (Lipinski definition) is 1. The third-order valence-corrected chi connectivity index (χ3v) is 6.00. The quantitative estimate of drug-likeness (QED) is 0.537. The fourth-order valence-electron chi connectivity index (χ4n) is 4.74. The number of fused-ring (bicyclic) bond motifs is 2. The van der Waals surface area contributed by atoms with E-state index in [-0.39, 0.29) is 5.54 Å². The van der Waals surface area contributed by atoms with Gasteiger partial charge in [-0.3, -0.25) is 0 Å². The summed E-state index contributed by atoms with van der Waals surface area (Å²) >= 11 is 0. The van der Waals surface area contributed by atoms with E-state index in [1.165, 1.54) is 44.7 Å². The molecule has 1 atom stereocenters. The lowest BCUT2D eigenvalue weighted by molar-refractivity contribution is 0.408. The maximum absolute atomic E-state index is 3.65. The minimum Gasteiger partial charge on any atom is -0.357 e. The minimum absolute atomic E-state index is 0.0692. The van der Waals surface area contributed by atoms with Crippen molar-refractivity contribution in [3.8, 4) is 0 Å². The molecule has 25 heavy (non-hydrogen) atoms. The predicted molar refractivity (Wildman–Crippen MR) is 108 cm³/mol. The molecule has 0 radical (unpaired) electrons. The molecule has 1 aliphatic heterocycles. The van der Waals surface area contributed by atoms with E-state index >= 15 is 0 Å².